The average Bonchev–Trinajstić information content (AvgIpc) is 3.58. The molecule has 0 amide bonds. The molecule has 0 atom stereocenters. The zero-order chi connectivity index (χ0) is 27.9. The fraction of sp³-hybridized carbons (Fsp3) is 0.0357. The van der Waals surface area contributed by atoms with Gasteiger partial charge in [0.2, 0.25) is 10.0 Å². The third-order valence-electron chi connectivity index (χ3n) is 6.13. The maximum absolute atomic E-state index is 11.5. The smallest absolute Gasteiger partial charge is 0.238 e. The molecule has 12 heteroatoms. The van der Waals surface area contributed by atoms with Crippen molar-refractivity contribution in [1.29, 1.82) is 0 Å². The van der Waals surface area contributed by atoms with Crippen molar-refractivity contribution in [3.05, 3.63) is 84.2 Å². The topological polar surface area (TPSA) is 146 Å². The van der Waals surface area contributed by atoms with Crippen molar-refractivity contribution in [3.8, 4) is 38.1 Å². The molecule has 9 nitrogen and oxygen atoms in total. The van der Waals surface area contributed by atoms with Crippen LogP contribution in [0.2, 0.25) is 0 Å². The fourth-order valence-electron chi connectivity index (χ4n) is 4.18. The van der Waals surface area contributed by atoms with Gasteiger partial charge in [0, 0.05) is 27.6 Å². The summed E-state index contributed by atoms with van der Waals surface area (Å²) in [5.74, 6) is 1.10. The van der Waals surface area contributed by atoms with Crippen LogP contribution in [0.3, 0.4) is 0 Å². The van der Waals surface area contributed by atoms with E-state index in [-0.39, 0.29) is 4.90 Å². The normalized spacial score (nSPS) is 11.6. The van der Waals surface area contributed by atoms with E-state index < -0.39 is 10.0 Å². The number of benzene rings is 3. The van der Waals surface area contributed by atoms with Gasteiger partial charge in [0.1, 0.15) is 21.5 Å². The van der Waals surface area contributed by atoms with Gasteiger partial charge in [0.15, 0.2) is 5.13 Å². The van der Waals surface area contributed by atoms with Crippen molar-refractivity contribution in [2.24, 2.45) is 5.14 Å². The molecule has 3 aromatic carbocycles. The Kier molecular flexibility index (Phi) is 6.68. The Morgan fingerprint density at radius 1 is 0.925 bits per heavy atom. The number of fused-ring (bicyclic) bond motifs is 1. The Bertz CT molecular complexity index is 1950. The van der Waals surface area contributed by atoms with E-state index in [1.807, 2.05) is 53.9 Å². The molecule has 0 aliphatic rings. The molecular formula is C28H22N6O3S3. The minimum absolute atomic E-state index is 0.0317. The predicted octanol–water partition coefficient (Wildman–Crippen LogP) is 6.13. The van der Waals surface area contributed by atoms with Crippen LogP contribution in [-0.2, 0) is 10.0 Å². The molecule has 0 bridgehead atoms. The number of nitrogen functional groups attached to an aromatic ring is 1. The number of anilines is 3. The van der Waals surface area contributed by atoms with Crippen LogP contribution >= 0.6 is 22.7 Å². The molecule has 40 heavy (non-hydrogen) atoms. The van der Waals surface area contributed by atoms with E-state index in [9.17, 15) is 8.42 Å². The van der Waals surface area contributed by atoms with E-state index in [0.717, 1.165) is 49.1 Å². The average molecular weight is 587 g/mol. The van der Waals surface area contributed by atoms with Gasteiger partial charge in [-0.15, -0.1) is 11.3 Å². The van der Waals surface area contributed by atoms with E-state index in [0.29, 0.717) is 16.6 Å². The Labute approximate surface area is 238 Å². The first-order chi connectivity index (χ1) is 19.3. The Hall–Kier alpha value is -4.36. The summed E-state index contributed by atoms with van der Waals surface area (Å²) in [6.07, 6.45) is 0. The van der Waals surface area contributed by atoms with Crippen LogP contribution in [0.1, 0.15) is 0 Å². The number of nitrogens with one attached hydrogen (secondary N) is 1. The summed E-state index contributed by atoms with van der Waals surface area (Å²) in [4.78, 5) is 15.1. The second-order valence-electron chi connectivity index (χ2n) is 8.77. The van der Waals surface area contributed by atoms with Crippen LogP contribution < -0.4 is 20.9 Å². The SMILES string of the molecule is COc1ccc2nc(-c3ccccc3)c(-c3csc(-c4sc(Nc5ccc(S(N)(=O)=O)cc5)nc4N)n3)cc2c1. The summed E-state index contributed by atoms with van der Waals surface area (Å²) >= 11 is 2.83. The number of ether oxygens (including phenoxy) is 1. The van der Waals surface area contributed by atoms with E-state index >= 15 is 0 Å². The molecule has 5 N–H and O–H groups in total. The predicted molar refractivity (Wildman–Crippen MR) is 161 cm³/mol. The Morgan fingerprint density at radius 2 is 1.70 bits per heavy atom. The lowest BCUT2D eigenvalue weighted by Crippen LogP contribution is -2.11. The number of thiazole rings is 2. The zero-order valence-electron chi connectivity index (χ0n) is 21.0. The molecule has 3 aromatic heterocycles. The molecule has 6 rings (SSSR count). The van der Waals surface area contributed by atoms with Gasteiger partial charge in [-0.3, -0.25) is 0 Å². The summed E-state index contributed by atoms with van der Waals surface area (Å²) in [5.41, 5.74) is 11.3. The van der Waals surface area contributed by atoms with Crippen LogP contribution in [-0.4, -0.2) is 30.5 Å². The zero-order valence-corrected chi connectivity index (χ0v) is 23.5. The highest BCUT2D eigenvalue weighted by atomic mass is 32.2. The maximum atomic E-state index is 11.5. The Morgan fingerprint density at radius 3 is 2.42 bits per heavy atom. The van der Waals surface area contributed by atoms with Crippen LogP contribution in [0.15, 0.2) is 89.1 Å². The molecule has 6 aromatic rings. The van der Waals surface area contributed by atoms with Crippen molar-refractivity contribution in [2.75, 3.05) is 18.2 Å². The minimum Gasteiger partial charge on any atom is -0.497 e. The lowest BCUT2D eigenvalue weighted by molar-refractivity contribution is 0.415. The third kappa shape index (κ3) is 5.12. The first kappa shape index (κ1) is 25.9. The van der Waals surface area contributed by atoms with Crippen LogP contribution in [0, 0.1) is 0 Å². The van der Waals surface area contributed by atoms with Gasteiger partial charge in [-0.05, 0) is 48.5 Å². The summed E-state index contributed by atoms with van der Waals surface area (Å²) < 4.78 is 28.5. The number of nitrogens with two attached hydrogens (primary N) is 2. The number of aromatic nitrogens is 3. The summed E-state index contributed by atoms with van der Waals surface area (Å²) in [5, 5.41) is 12.6. The number of pyridine rings is 1. The van der Waals surface area contributed by atoms with E-state index in [4.69, 9.17) is 25.6 Å². The molecule has 0 radical (unpaired) electrons. The molecule has 0 spiro atoms. The van der Waals surface area contributed by atoms with Crippen LogP contribution in [0.4, 0.5) is 16.6 Å². The first-order valence-corrected chi connectivity index (χ1v) is 15.2. The Balaban J connectivity index is 1.36. The number of hydrogen-bond donors (Lipinski definition) is 3. The van der Waals surface area contributed by atoms with Gasteiger partial charge in [-0.2, -0.15) is 0 Å². The molecule has 0 aliphatic heterocycles. The molecule has 200 valence electrons. The quantitative estimate of drug-likeness (QED) is 0.202. The van der Waals surface area contributed by atoms with Crippen molar-refractivity contribution in [1.82, 2.24) is 15.0 Å². The van der Waals surface area contributed by atoms with Gasteiger partial charge in [-0.1, -0.05) is 41.7 Å². The van der Waals surface area contributed by atoms with Crippen molar-refractivity contribution < 1.29 is 13.2 Å². The molecule has 0 saturated heterocycles. The summed E-state index contributed by atoms with van der Waals surface area (Å²) in [7, 11) is -2.13. The highest BCUT2D eigenvalue weighted by Crippen LogP contribution is 2.41. The number of primary sulfonamides is 1. The molecular weight excluding hydrogens is 565 g/mol. The summed E-state index contributed by atoms with van der Waals surface area (Å²) in [6.45, 7) is 0. The van der Waals surface area contributed by atoms with Gasteiger partial charge in [-0.25, -0.2) is 28.5 Å². The second-order valence-corrected chi connectivity index (χ2v) is 12.2. The maximum Gasteiger partial charge on any atom is 0.238 e. The molecule has 0 unspecified atom stereocenters. The molecule has 0 aliphatic carbocycles. The molecule has 0 saturated carbocycles. The third-order valence-corrected chi connectivity index (χ3v) is 9.04. The molecule has 3 heterocycles. The van der Waals surface area contributed by atoms with E-state index in [1.54, 1.807) is 19.2 Å². The lowest BCUT2D eigenvalue weighted by Gasteiger charge is -2.10. The molecule has 0 fully saturated rings. The number of methoxy groups -OCH3 is 1. The van der Waals surface area contributed by atoms with Gasteiger partial charge >= 0.3 is 0 Å². The standard InChI is InChI=1S/C28H22N6O3S3/c1-37-19-9-12-22-17(13-19)14-21(24(32-22)16-5-3-2-4-6-16)23-15-38-27(33-23)25-26(29)34-28(39-25)31-18-7-10-20(11-8-18)40(30,35)36/h2-15H,29H2,1H3,(H,31,34)(H2,30,35,36). The monoisotopic (exact) mass is 586 g/mol. The fourth-order valence-corrected chi connectivity index (χ4v) is 6.52. The minimum atomic E-state index is -3.77. The van der Waals surface area contributed by atoms with Crippen molar-refractivity contribution >= 4 is 60.2 Å². The number of rotatable bonds is 7. The van der Waals surface area contributed by atoms with Crippen LogP contribution in [0.25, 0.3) is 43.3 Å². The van der Waals surface area contributed by atoms with Gasteiger partial charge in [0.05, 0.1) is 28.9 Å². The van der Waals surface area contributed by atoms with Gasteiger partial charge in [0.25, 0.3) is 0 Å². The van der Waals surface area contributed by atoms with Gasteiger partial charge < -0.3 is 15.8 Å². The van der Waals surface area contributed by atoms with E-state index in [1.165, 1.54) is 34.8 Å². The number of sulfonamides is 1. The van der Waals surface area contributed by atoms with Crippen molar-refractivity contribution in [2.45, 2.75) is 4.90 Å². The largest absolute Gasteiger partial charge is 0.497 e. The summed E-state index contributed by atoms with van der Waals surface area (Å²) in [6, 6.07) is 24.0. The number of nitrogens with zero attached hydrogens (tertiary/aromatic N) is 3. The van der Waals surface area contributed by atoms with Crippen LogP contribution in [0.5, 0.6) is 5.75 Å². The highest BCUT2D eigenvalue weighted by Gasteiger charge is 2.19. The second kappa shape index (κ2) is 10.3. The first-order valence-electron chi connectivity index (χ1n) is 12.0. The lowest BCUT2D eigenvalue weighted by atomic mass is 10.0. The number of hydrogen-bond acceptors (Lipinski definition) is 10. The van der Waals surface area contributed by atoms with Crippen molar-refractivity contribution in [3.63, 3.8) is 0 Å². The highest BCUT2D eigenvalue weighted by molar-refractivity contribution is 7.89. The van der Waals surface area contributed by atoms with E-state index in [2.05, 4.69) is 16.4 Å².